The molecule has 25 heavy (non-hydrogen) atoms. The Morgan fingerprint density at radius 1 is 1.20 bits per heavy atom. The summed E-state index contributed by atoms with van der Waals surface area (Å²) in [6, 6.07) is 3.73. The molecule has 6 atom stereocenters. The maximum absolute atomic E-state index is 11.9. The fraction of sp³-hybridized carbons (Fsp3) is 0.647. The first kappa shape index (κ1) is 17.4. The van der Waals surface area contributed by atoms with E-state index in [4.69, 9.17) is 0 Å². The molecule has 0 aliphatic heterocycles. The van der Waals surface area contributed by atoms with E-state index >= 15 is 0 Å². The Morgan fingerprint density at radius 3 is 2.56 bits per heavy atom. The van der Waals surface area contributed by atoms with Crippen molar-refractivity contribution in [2.75, 3.05) is 5.33 Å². The average molecular weight is 430 g/mol. The number of hydrogen-bond acceptors (Lipinski definition) is 4. The number of nitro groups is 1. The lowest BCUT2D eigenvalue weighted by Crippen LogP contribution is -2.50. The van der Waals surface area contributed by atoms with Crippen LogP contribution in [0.5, 0.6) is 0 Å². The summed E-state index contributed by atoms with van der Waals surface area (Å²) in [6.07, 6.45) is 4.39. The van der Waals surface area contributed by atoms with Crippen molar-refractivity contribution in [1.29, 1.82) is 0 Å². The van der Waals surface area contributed by atoms with Gasteiger partial charge in [-0.2, -0.15) is 8.42 Å². The van der Waals surface area contributed by atoms with Crippen LogP contribution in [-0.2, 0) is 10.1 Å². The van der Waals surface area contributed by atoms with Crippen LogP contribution in [0.2, 0.25) is 0 Å². The highest BCUT2D eigenvalue weighted by Gasteiger charge is 2.54. The van der Waals surface area contributed by atoms with Gasteiger partial charge in [0.05, 0.1) is 9.82 Å². The molecule has 6 unspecified atom stereocenters. The van der Waals surface area contributed by atoms with Crippen molar-refractivity contribution in [2.45, 2.75) is 36.5 Å². The lowest BCUT2D eigenvalue weighted by molar-refractivity contribution is -0.385. The minimum Gasteiger partial charge on any atom is -0.282 e. The van der Waals surface area contributed by atoms with Crippen LogP contribution in [0, 0.1) is 39.7 Å². The van der Waals surface area contributed by atoms with Crippen LogP contribution < -0.4 is 0 Å². The van der Waals surface area contributed by atoms with Gasteiger partial charge in [-0.05, 0) is 72.8 Å². The second-order valence-corrected chi connectivity index (χ2v) is 9.83. The molecule has 4 bridgehead atoms. The fourth-order valence-electron chi connectivity index (χ4n) is 5.91. The Kier molecular flexibility index (Phi) is 4.20. The predicted octanol–water partition coefficient (Wildman–Crippen LogP) is 4.00. The molecule has 5 rings (SSSR count). The molecule has 4 aliphatic rings. The first-order chi connectivity index (χ1) is 11.8. The molecule has 0 radical (unpaired) electrons. The van der Waals surface area contributed by atoms with Gasteiger partial charge in [-0.25, -0.2) is 0 Å². The van der Waals surface area contributed by atoms with Crippen molar-refractivity contribution in [3.05, 3.63) is 33.9 Å². The van der Waals surface area contributed by atoms with Crippen LogP contribution in [0.15, 0.2) is 23.1 Å². The molecule has 1 aromatic rings. The van der Waals surface area contributed by atoms with Gasteiger partial charge in [0.25, 0.3) is 15.8 Å². The first-order valence-electron chi connectivity index (χ1n) is 8.61. The predicted molar refractivity (Wildman–Crippen MR) is 95.4 cm³/mol. The number of benzene rings is 1. The third kappa shape index (κ3) is 2.82. The lowest BCUT2D eigenvalue weighted by atomic mass is 9.47. The van der Waals surface area contributed by atoms with Crippen LogP contribution in [0.4, 0.5) is 5.69 Å². The van der Waals surface area contributed by atoms with Crippen molar-refractivity contribution in [1.82, 2.24) is 0 Å². The number of nitrogens with zero attached hydrogens (tertiary/aromatic N) is 1. The van der Waals surface area contributed by atoms with Crippen LogP contribution in [0.1, 0.15) is 37.2 Å². The summed E-state index contributed by atoms with van der Waals surface area (Å²) in [5.41, 5.74) is 0.322. The Bertz CT molecular complexity index is 826. The maximum Gasteiger partial charge on any atom is 0.294 e. The van der Waals surface area contributed by atoms with Crippen LogP contribution in [-0.4, -0.2) is 23.2 Å². The van der Waals surface area contributed by atoms with Crippen molar-refractivity contribution in [2.24, 2.45) is 29.6 Å². The van der Waals surface area contributed by atoms with Crippen molar-refractivity contribution >= 4 is 31.7 Å². The van der Waals surface area contributed by atoms with Gasteiger partial charge >= 0.3 is 0 Å². The van der Waals surface area contributed by atoms with E-state index in [-0.39, 0.29) is 16.5 Å². The van der Waals surface area contributed by atoms with E-state index in [1.807, 2.05) is 0 Å². The quantitative estimate of drug-likeness (QED) is 0.337. The summed E-state index contributed by atoms with van der Waals surface area (Å²) < 4.78 is 33.5. The van der Waals surface area contributed by atoms with Gasteiger partial charge in [0.1, 0.15) is 0 Å². The highest BCUT2D eigenvalue weighted by atomic mass is 79.9. The van der Waals surface area contributed by atoms with Crippen LogP contribution >= 0.6 is 15.9 Å². The van der Waals surface area contributed by atoms with E-state index in [9.17, 15) is 23.1 Å². The number of hydrogen-bond donors (Lipinski definition) is 1. The topological polar surface area (TPSA) is 97.5 Å². The molecule has 4 saturated carbocycles. The summed E-state index contributed by atoms with van der Waals surface area (Å²) in [6.45, 7) is 0. The van der Waals surface area contributed by atoms with Gasteiger partial charge in [0, 0.05) is 17.5 Å². The molecule has 4 aliphatic carbocycles. The minimum absolute atomic E-state index is 0.0350. The molecule has 0 heterocycles. The Labute approximate surface area is 155 Å². The third-order valence-electron chi connectivity index (χ3n) is 6.63. The van der Waals surface area contributed by atoms with E-state index in [1.165, 1.54) is 18.6 Å². The Morgan fingerprint density at radius 2 is 1.92 bits per heavy atom. The summed E-state index contributed by atoms with van der Waals surface area (Å²) in [4.78, 5) is 10.5. The third-order valence-corrected chi connectivity index (χ3v) is 8.30. The minimum atomic E-state index is -4.42. The summed E-state index contributed by atoms with van der Waals surface area (Å²) in [5, 5.41) is 12.1. The average Bonchev–Trinajstić information content (AvgIpc) is 2.53. The van der Waals surface area contributed by atoms with Gasteiger partial charge in [-0.3, -0.25) is 14.7 Å². The zero-order chi connectivity index (χ0) is 17.9. The molecule has 4 fully saturated rings. The monoisotopic (exact) mass is 429 g/mol. The number of nitro benzene ring substituents is 1. The molecule has 1 N–H and O–H groups in total. The molecular formula is C17H20BrNO5S. The largest absolute Gasteiger partial charge is 0.294 e. The summed E-state index contributed by atoms with van der Waals surface area (Å²) in [5.74, 6) is 2.44. The van der Waals surface area contributed by atoms with E-state index in [0.29, 0.717) is 35.2 Å². The summed E-state index contributed by atoms with van der Waals surface area (Å²) >= 11 is 3.62. The van der Waals surface area contributed by atoms with E-state index in [1.54, 1.807) is 0 Å². The van der Waals surface area contributed by atoms with Crippen molar-refractivity contribution < 1.29 is 17.9 Å². The molecule has 0 saturated heterocycles. The zero-order valence-electron chi connectivity index (χ0n) is 13.5. The molecule has 0 amide bonds. The number of alkyl halides is 1. The van der Waals surface area contributed by atoms with E-state index in [0.717, 1.165) is 30.7 Å². The Hall–Kier alpha value is -0.990. The standard InChI is InChI=1S/C17H20BrNO5S/c18-8-15-10-3-9-4-11(6-10)17(13(15)5-9)14-7-12(19(20)21)1-2-16(14)25(22,23)24/h1-2,7,9-11,13,15,17H,3-6,8H2,(H,22,23,24). The number of non-ortho nitro benzene ring substituents is 1. The van der Waals surface area contributed by atoms with Crippen molar-refractivity contribution in [3.8, 4) is 0 Å². The smallest absolute Gasteiger partial charge is 0.282 e. The maximum atomic E-state index is 11.9. The van der Waals surface area contributed by atoms with Crippen molar-refractivity contribution in [3.63, 3.8) is 0 Å². The van der Waals surface area contributed by atoms with Gasteiger partial charge in [-0.1, -0.05) is 15.9 Å². The van der Waals surface area contributed by atoms with Gasteiger partial charge in [-0.15, -0.1) is 0 Å². The summed E-state index contributed by atoms with van der Waals surface area (Å²) in [7, 11) is -4.42. The number of rotatable bonds is 4. The molecule has 1 aromatic carbocycles. The van der Waals surface area contributed by atoms with Gasteiger partial charge in [0.15, 0.2) is 0 Å². The molecule has 6 nitrogen and oxygen atoms in total. The zero-order valence-corrected chi connectivity index (χ0v) is 15.9. The molecular weight excluding hydrogens is 410 g/mol. The van der Waals surface area contributed by atoms with E-state index < -0.39 is 15.0 Å². The highest BCUT2D eigenvalue weighted by molar-refractivity contribution is 9.09. The van der Waals surface area contributed by atoms with Gasteiger partial charge in [0.2, 0.25) is 0 Å². The second-order valence-electron chi connectivity index (χ2n) is 7.79. The van der Waals surface area contributed by atoms with E-state index in [2.05, 4.69) is 15.9 Å². The molecule has 136 valence electrons. The molecule has 0 aromatic heterocycles. The highest BCUT2D eigenvalue weighted by Crippen LogP contribution is 2.63. The number of halogens is 1. The van der Waals surface area contributed by atoms with Crippen LogP contribution in [0.25, 0.3) is 0 Å². The molecule has 0 spiro atoms. The first-order valence-corrected chi connectivity index (χ1v) is 11.2. The lowest BCUT2D eigenvalue weighted by Gasteiger charge is -2.58. The normalized spacial score (nSPS) is 36.6. The fourth-order valence-corrected chi connectivity index (χ4v) is 7.65. The molecule has 8 heteroatoms. The Balaban J connectivity index is 1.85. The van der Waals surface area contributed by atoms with Crippen LogP contribution in [0.3, 0.4) is 0 Å². The van der Waals surface area contributed by atoms with Gasteiger partial charge < -0.3 is 0 Å². The SMILES string of the molecule is O=[N+]([O-])c1ccc(S(=O)(=O)O)c(C2C3CC4CC(C3)C(CBr)C2C4)c1. The second kappa shape index (κ2) is 6.03.